The van der Waals surface area contributed by atoms with Crippen molar-refractivity contribution < 1.29 is 12.6 Å². The number of aromatic nitrogens is 3. The Bertz CT molecular complexity index is 1370. The van der Waals surface area contributed by atoms with Gasteiger partial charge in [0.2, 0.25) is 0 Å². The summed E-state index contributed by atoms with van der Waals surface area (Å²) in [4.78, 5) is 12.6. The number of hydrogen-bond donors (Lipinski definition) is 0. The zero-order valence-electron chi connectivity index (χ0n) is 16.4. The molecule has 0 radical (unpaired) electrons. The van der Waals surface area contributed by atoms with Crippen LogP contribution in [0.4, 0.5) is 5.69 Å². The van der Waals surface area contributed by atoms with E-state index in [1.54, 1.807) is 18.3 Å². The molecule has 0 amide bonds. The second-order valence-corrected chi connectivity index (χ2v) is 8.51. The van der Waals surface area contributed by atoms with Crippen molar-refractivity contribution in [3.05, 3.63) is 83.6 Å². The minimum absolute atomic E-state index is 0.222. The molecule has 4 aromatic rings. The van der Waals surface area contributed by atoms with E-state index >= 15 is 0 Å². The molecule has 0 aliphatic carbocycles. The minimum atomic E-state index is -3.64. The van der Waals surface area contributed by atoms with Crippen molar-refractivity contribution >= 4 is 21.5 Å². The van der Waals surface area contributed by atoms with E-state index < -0.39 is 10.1 Å². The molecule has 4 rings (SSSR count). The normalized spacial score (nSPS) is 11.5. The Balaban J connectivity index is 1.98. The highest BCUT2D eigenvalue weighted by Crippen LogP contribution is 2.33. The van der Waals surface area contributed by atoms with E-state index in [-0.39, 0.29) is 6.61 Å². The van der Waals surface area contributed by atoms with Crippen molar-refractivity contribution in [3.8, 4) is 22.5 Å². The van der Waals surface area contributed by atoms with Gasteiger partial charge in [-0.25, -0.2) is 14.8 Å². The van der Waals surface area contributed by atoms with Gasteiger partial charge in [0.25, 0.3) is 10.1 Å². The molecule has 30 heavy (non-hydrogen) atoms. The Morgan fingerprint density at radius 1 is 1.07 bits per heavy atom. The number of hydrogen-bond acceptors (Lipinski definition) is 5. The summed E-state index contributed by atoms with van der Waals surface area (Å²) in [6, 6.07) is 15.2. The van der Waals surface area contributed by atoms with E-state index in [0.29, 0.717) is 22.7 Å². The predicted octanol–water partition coefficient (Wildman–Crippen LogP) is 4.40. The predicted molar refractivity (Wildman–Crippen MR) is 114 cm³/mol. The maximum Gasteiger partial charge on any atom is 0.264 e. The van der Waals surface area contributed by atoms with Gasteiger partial charge >= 0.3 is 0 Å². The monoisotopic (exact) mass is 418 g/mol. The van der Waals surface area contributed by atoms with Gasteiger partial charge in [-0.1, -0.05) is 54.1 Å². The van der Waals surface area contributed by atoms with Crippen LogP contribution in [0.1, 0.15) is 11.3 Å². The van der Waals surface area contributed by atoms with Crippen LogP contribution in [0.2, 0.25) is 0 Å². The van der Waals surface area contributed by atoms with Crippen molar-refractivity contribution in [2.45, 2.75) is 13.5 Å². The van der Waals surface area contributed by atoms with E-state index in [4.69, 9.17) is 15.7 Å². The molecule has 150 valence electrons. The lowest BCUT2D eigenvalue weighted by Crippen LogP contribution is -2.08. The highest BCUT2D eigenvalue weighted by Gasteiger charge is 2.19. The molecule has 0 unspecified atom stereocenters. The summed E-state index contributed by atoms with van der Waals surface area (Å²) >= 11 is 0. The summed E-state index contributed by atoms with van der Waals surface area (Å²) in [5.74, 6) is 0. The second kappa shape index (κ2) is 7.71. The largest absolute Gasteiger partial charge is 0.296 e. The molecule has 8 heteroatoms. The van der Waals surface area contributed by atoms with Crippen molar-refractivity contribution in [1.82, 2.24) is 14.4 Å². The molecule has 2 aromatic heterocycles. The third kappa shape index (κ3) is 3.94. The van der Waals surface area contributed by atoms with Crippen LogP contribution in [-0.4, -0.2) is 29.0 Å². The average molecular weight is 418 g/mol. The highest BCUT2D eigenvalue weighted by molar-refractivity contribution is 7.85. The van der Waals surface area contributed by atoms with Crippen LogP contribution in [0.25, 0.3) is 33.0 Å². The maximum absolute atomic E-state index is 11.5. The van der Waals surface area contributed by atoms with E-state index in [9.17, 15) is 8.42 Å². The molecule has 2 aromatic carbocycles. The molecule has 0 aliphatic rings. The smallest absolute Gasteiger partial charge is 0.264 e. The van der Waals surface area contributed by atoms with Gasteiger partial charge in [-0.2, -0.15) is 8.42 Å². The number of aryl methyl sites for hydroxylation is 1. The standard InChI is InChI=1S/C22H18N4O3S/c1-15-4-6-17(7-5-15)21-20(16-8-10-18(23-2)11-9-16)25-19(14-29-30(3,27)28)22-24-12-13-26(21)22/h4-13H,14H2,1,3H3. The quantitative estimate of drug-likeness (QED) is 0.355. The van der Waals surface area contributed by atoms with Crippen molar-refractivity contribution in [2.75, 3.05) is 6.26 Å². The summed E-state index contributed by atoms with van der Waals surface area (Å²) in [7, 11) is -3.64. The Kier molecular flexibility index (Phi) is 5.08. The van der Waals surface area contributed by atoms with Crippen LogP contribution in [0, 0.1) is 13.5 Å². The van der Waals surface area contributed by atoms with Gasteiger partial charge in [0, 0.05) is 18.0 Å². The SMILES string of the molecule is [C-]#[N+]c1ccc(-c2nc(COS(C)(=O)=O)c3nccn3c2-c2ccc(C)cc2)cc1. The Hall–Kier alpha value is -3.54. The van der Waals surface area contributed by atoms with Gasteiger partial charge in [-0.05, 0) is 12.5 Å². The van der Waals surface area contributed by atoms with E-state index in [0.717, 1.165) is 28.6 Å². The first kappa shape index (κ1) is 19.8. The first-order chi connectivity index (χ1) is 14.4. The van der Waals surface area contributed by atoms with Gasteiger partial charge in [0.15, 0.2) is 11.3 Å². The van der Waals surface area contributed by atoms with Crippen molar-refractivity contribution in [3.63, 3.8) is 0 Å². The van der Waals surface area contributed by atoms with Crippen LogP contribution in [0.15, 0.2) is 60.9 Å². The van der Waals surface area contributed by atoms with Crippen molar-refractivity contribution in [1.29, 1.82) is 0 Å². The van der Waals surface area contributed by atoms with Gasteiger partial charge in [0.05, 0.1) is 24.2 Å². The summed E-state index contributed by atoms with van der Waals surface area (Å²) in [5.41, 5.74) is 5.80. The fraction of sp³-hybridized carbons (Fsp3) is 0.136. The molecular formula is C22H18N4O3S. The first-order valence-electron chi connectivity index (χ1n) is 9.11. The topological polar surface area (TPSA) is 77.9 Å². The van der Waals surface area contributed by atoms with E-state index in [1.165, 1.54) is 0 Å². The molecule has 0 saturated carbocycles. The highest BCUT2D eigenvalue weighted by atomic mass is 32.2. The Labute approximate surface area is 174 Å². The van der Waals surface area contributed by atoms with Crippen molar-refractivity contribution in [2.24, 2.45) is 0 Å². The molecule has 2 heterocycles. The number of benzene rings is 2. The minimum Gasteiger partial charge on any atom is -0.296 e. The molecule has 0 bridgehead atoms. The lowest BCUT2D eigenvalue weighted by Gasteiger charge is -2.15. The van der Waals surface area contributed by atoms with Gasteiger partial charge in [-0.15, -0.1) is 0 Å². The first-order valence-corrected chi connectivity index (χ1v) is 10.9. The lowest BCUT2D eigenvalue weighted by atomic mass is 10.0. The van der Waals surface area contributed by atoms with Crippen LogP contribution in [0.3, 0.4) is 0 Å². The van der Waals surface area contributed by atoms with Crippen LogP contribution >= 0.6 is 0 Å². The third-order valence-corrected chi connectivity index (χ3v) is 5.16. The number of rotatable bonds is 5. The second-order valence-electron chi connectivity index (χ2n) is 6.87. The summed E-state index contributed by atoms with van der Waals surface area (Å²) < 4.78 is 29.9. The molecule has 0 aliphatic heterocycles. The van der Waals surface area contributed by atoms with Crippen LogP contribution in [-0.2, 0) is 20.9 Å². The van der Waals surface area contributed by atoms with Crippen LogP contribution < -0.4 is 0 Å². The Morgan fingerprint density at radius 3 is 2.37 bits per heavy atom. The fourth-order valence-corrected chi connectivity index (χ4v) is 3.52. The maximum atomic E-state index is 11.5. The molecule has 0 atom stereocenters. The number of imidazole rings is 1. The van der Waals surface area contributed by atoms with Crippen LogP contribution in [0.5, 0.6) is 0 Å². The molecule has 0 fully saturated rings. The number of nitrogens with zero attached hydrogens (tertiary/aromatic N) is 4. The fourth-order valence-electron chi connectivity index (χ4n) is 3.19. The summed E-state index contributed by atoms with van der Waals surface area (Å²) in [5, 5.41) is 0. The molecule has 0 saturated heterocycles. The van der Waals surface area contributed by atoms with E-state index in [1.807, 2.05) is 53.9 Å². The van der Waals surface area contributed by atoms with Gasteiger partial charge in [0.1, 0.15) is 12.3 Å². The van der Waals surface area contributed by atoms with E-state index in [2.05, 4.69) is 9.83 Å². The van der Waals surface area contributed by atoms with Gasteiger partial charge < -0.3 is 0 Å². The average Bonchev–Trinajstić information content (AvgIpc) is 3.22. The zero-order chi connectivity index (χ0) is 21.3. The summed E-state index contributed by atoms with van der Waals surface area (Å²) in [6.07, 6.45) is 4.46. The van der Waals surface area contributed by atoms with Gasteiger partial charge in [-0.3, -0.25) is 8.58 Å². The zero-order valence-corrected chi connectivity index (χ0v) is 17.2. The molecular weight excluding hydrogens is 400 g/mol. The third-order valence-electron chi connectivity index (χ3n) is 4.62. The Morgan fingerprint density at radius 2 is 1.73 bits per heavy atom. The summed E-state index contributed by atoms with van der Waals surface area (Å²) in [6.45, 7) is 8.97. The molecule has 0 spiro atoms. The molecule has 7 nitrogen and oxygen atoms in total. The lowest BCUT2D eigenvalue weighted by molar-refractivity contribution is 0.308. The number of fused-ring (bicyclic) bond motifs is 1. The molecule has 0 N–H and O–H groups in total.